The number of hydrogen-bond donors (Lipinski definition) is 1. The molecule has 96 valence electrons. The van der Waals surface area contributed by atoms with E-state index in [-0.39, 0.29) is 6.54 Å². The lowest BCUT2D eigenvalue weighted by Gasteiger charge is -2.20. The van der Waals surface area contributed by atoms with E-state index in [0.29, 0.717) is 12.4 Å². The summed E-state index contributed by atoms with van der Waals surface area (Å²) in [5.41, 5.74) is 0.948. The Labute approximate surface area is 101 Å². The summed E-state index contributed by atoms with van der Waals surface area (Å²) in [4.78, 5) is 5.66. The first-order valence-corrected chi connectivity index (χ1v) is 5.79. The van der Waals surface area contributed by atoms with Crippen molar-refractivity contribution in [3.8, 4) is 0 Å². The highest BCUT2D eigenvalue weighted by atomic mass is 19.3. The van der Waals surface area contributed by atoms with E-state index in [2.05, 4.69) is 17.2 Å². The average Bonchev–Trinajstić information content (AvgIpc) is 2.29. The Balaban J connectivity index is 2.69. The number of hydrogen-bond acceptors (Lipinski definition) is 3. The Bertz CT molecular complexity index is 331. The molecule has 1 heterocycles. The fourth-order valence-electron chi connectivity index (χ4n) is 1.61. The Hall–Kier alpha value is -1.23. The molecule has 17 heavy (non-hydrogen) atoms. The lowest BCUT2D eigenvalue weighted by Crippen LogP contribution is -2.27. The molecule has 0 amide bonds. The highest BCUT2D eigenvalue weighted by Gasteiger charge is 2.12. The van der Waals surface area contributed by atoms with Crippen molar-refractivity contribution in [1.29, 1.82) is 0 Å². The van der Waals surface area contributed by atoms with Crippen LogP contribution >= 0.6 is 0 Å². The quantitative estimate of drug-likeness (QED) is 0.745. The summed E-state index contributed by atoms with van der Waals surface area (Å²) in [6, 6.07) is 3.73. The van der Waals surface area contributed by atoms with Crippen molar-refractivity contribution >= 4 is 5.82 Å². The van der Waals surface area contributed by atoms with Gasteiger partial charge >= 0.3 is 0 Å². The Morgan fingerprint density at radius 2 is 2.24 bits per heavy atom. The Kier molecular flexibility index (Phi) is 5.83. The summed E-state index contributed by atoms with van der Waals surface area (Å²) >= 11 is 0. The van der Waals surface area contributed by atoms with Gasteiger partial charge in [-0.1, -0.05) is 13.0 Å². The van der Waals surface area contributed by atoms with E-state index in [1.54, 1.807) is 13.2 Å². The first-order chi connectivity index (χ1) is 8.15. The third kappa shape index (κ3) is 4.65. The summed E-state index contributed by atoms with van der Waals surface area (Å²) in [7, 11) is 1.64. The minimum Gasteiger partial charge on any atom is -0.354 e. The first-order valence-electron chi connectivity index (χ1n) is 5.79. The number of pyridine rings is 1. The molecule has 1 rings (SSSR count). The minimum absolute atomic E-state index is 0.294. The van der Waals surface area contributed by atoms with Gasteiger partial charge < -0.3 is 10.2 Å². The third-order valence-electron chi connectivity index (χ3n) is 2.38. The van der Waals surface area contributed by atoms with Crippen LogP contribution in [0.25, 0.3) is 0 Å². The minimum atomic E-state index is -2.35. The molecule has 0 unspecified atom stereocenters. The number of halogens is 2. The molecule has 0 radical (unpaired) electrons. The van der Waals surface area contributed by atoms with Crippen LogP contribution in [0.15, 0.2) is 18.3 Å². The molecular formula is C12H19F2N3. The molecule has 0 saturated carbocycles. The molecule has 0 fully saturated rings. The molecule has 0 aliphatic carbocycles. The maximum absolute atomic E-state index is 12.3. The summed E-state index contributed by atoms with van der Waals surface area (Å²) < 4.78 is 24.6. The van der Waals surface area contributed by atoms with Crippen LogP contribution in [0.1, 0.15) is 18.9 Å². The van der Waals surface area contributed by atoms with Crippen LogP contribution in [0.3, 0.4) is 0 Å². The topological polar surface area (TPSA) is 28.2 Å². The molecule has 0 aliphatic rings. The van der Waals surface area contributed by atoms with E-state index in [0.717, 1.165) is 18.5 Å². The van der Waals surface area contributed by atoms with Gasteiger partial charge in [0, 0.05) is 25.4 Å². The van der Waals surface area contributed by atoms with Crippen LogP contribution in [-0.2, 0) is 6.54 Å². The van der Waals surface area contributed by atoms with Gasteiger partial charge in [0.1, 0.15) is 5.82 Å². The molecule has 0 bridgehead atoms. The summed E-state index contributed by atoms with van der Waals surface area (Å²) in [5, 5.41) is 3.25. The van der Waals surface area contributed by atoms with Gasteiger partial charge in [-0.15, -0.1) is 0 Å². The van der Waals surface area contributed by atoms with Gasteiger partial charge in [0.05, 0.1) is 6.54 Å². The molecular weight excluding hydrogens is 224 g/mol. The van der Waals surface area contributed by atoms with Gasteiger partial charge in [-0.3, -0.25) is 0 Å². The molecule has 1 aromatic rings. The van der Waals surface area contributed by atoms with Gasteiger partial charge in [0.25, 0.3) is 6.43 Å². The molecule has 0 spiro atoms. The van der Waals surface area contributed by atoms with E-state index < -0.39 is 6.43 Å². The highest BCUT2D eigenvalue weighted by molar-refractivity contribution is 5.45. The molecule has 0 saturated heterocycles. The van der Waals surface area contributed by atoms with Crippen LogP contribution in [0.4, 0.5) is 14.6 Å². The zero-order chi connectivity index (χ0) is 12.7. The monoisotopic (exact) mass is 243 g/mol. The smallest absolute Gasteiger partial charge is 0.255 e. The molecule has 1 N–H and O–H groups in total. The van der Waals surface area contributed by atoms with Gasteiger partial charge in [0.15, 0.2) is 0 Å². The van der Waals surface area contributed by atoms with Crippen LogP contribution in [0.5, 0.6) is 0 Å². The van der Waals surface area contributed by atoms with E-state index in [9.17, 15) is 8.78 Å². The van der Waals surface area contributed by atoms with Gasteiger partial charge in [-0.25, -0.2) is 13.8 Å². The maximum Gasteiger partial charge on any atom is 0.255 e. The van der Waals surface area contributed by atoms with E-state index >= 15 is 0 Å². The number of rotatable bonds is 7. The Morgan fingerprint density at radius 3 is 2.88 bits per heavy atom. The van der Waals surface area contributed by atoms with Crippen LogP contribution in [0, 0.1) is 0 Å². The first kappa shape index (κ1) is 13.8. The summed E-state index contributed by atoms with van der Waals surface area (Å²) in [5.74, 6) is 0.622. The van der Waals surface area contributed by atoms with Crippen LogP contribution in [0.2, 0.25) is 0 Å². The Morgan fingerprint density at radius 1 is 1.47 bits per heavy atom. The number of anilines is 1. The highest BCUT2D eigenvalue weighted by Crippen LogP contribution is 2.16. The molecule has 0 atom stereocenters. The van der Waals surface area contributed by atoms with Crippen molar-refractivity contribution in [1.82, 2.24) is 10.3 Å². The summed E-state index contributed by atoms with van der Waals surface area (Å²) in [6.07, 6.45) is 0.321. The van der Waals surface area contributed by atoms with Crippen molar-refractivity contribution in [3.05, 3.63) is 23.9 Å². The summed E-state index contributed by atoms with van der Waals surface area (Å²) in [6.45, 7) is 3.36. The number of aromatic nitrogens is 1. The van der Waals surface area contributed by atoms with Crippen molar-refractivity contribution in [3.63, 3.8) is 0 Å². The fourth-order valence-corrected chi connectivity index (χ4v) is 1.61. The lowest BCUT2D eigenvalue weighted by molar-refractivity contribution is 0.156. The second kappa shape index (κ2) is 7.17. The molecule has 1 aromatic heterocycles. The zero-order valence-corrected chi connectivity index (χ0v) is 10.3. The number of alkyl halides is 2. The molecule has 5 heteroatoms. The van der Waals surface area contributed by atoms with Crippen molar-refractivity contribution < 1.29 is 8.78 Å². The normalized spacial score (nSPS) is 10.9. The maximum atomic E-state index is 12.3. The second-order valence-corrected chi connectivity index (χ2v) is 3.93. The van der Waals surface area contributed by atoms with Crippen LogP contribution < -0.4 is 10.2 Å². The number of nitrogens with one attached hydrogen (secondary N) is 1. The second-order valence-electron chi connectivity index (χ2n) is 3.93. The fraction of sp³-hybridized carbons (Fsp3) is 0.583. The van der Waals surface area contributed by atoms with Gasteiger partial charge in [-0.2, -0.15) is 0 Å². The average molecular weight is 243 g/mol. The SMILES string of the molecule is CCCNCc1cccnc1N(C)CC(F)F. The van der Waals surface area contributed by atoms with E-state index in [1.165, 1.54) is 4.90 Å². The van der Waals surface area contributed by atoms with E-state index in [4.69, 9.17) is 0 Å². The zero-order valence-electron chi connectivity index (χ0n) is 10.3. The van der Waals surface area contributed by atoms with Crippen LogP contribution in [-0.4, -0.2) is 31.5 Å². The molecule has 0 aromatic carbocycles. The van der Waals surface area contributed by atoms with E-state index in [1.807, 2.05) is 12.1 Å². The molecule has 0 aliphatic heterocycles. The standard InChI is InChI=1S/C12H19F2N3/c1-3-6-15-8-10-5-4-7-16-12(10)17(2)9-11(13)14/h4-5,7,11,15H,3,6,8-9H2,1-2H3. The van der Waals surface area contributed by atoms with Gasteiger partial charge in [-0.05, 0) is 19.0 Å². The predicted octanol–water partition coefficient (Wildman–Crippen LogP) is 2.28. The van der Waals surface area contributed by atoms with Crippen molar-refractivity contribution in [2.75, 3.05) is 25.0 Å². The van der Waals surface area contributed by atoms with Crippen molar-refractivity contribution in [2.45, 2.75) is 26.3 Å². The van der Waals surface area contributed by atoms with Crippen molar-refractivity contribution in [2.24, 2.45) is 0 Å². The predicted molar refractivity (Wildman–Crippen MR) is 65.5 cm³/mol. The number of nitrogens with zero attached hydrogens (tertiary/aromatic N) is 2. The molecule has 3 nitrogen and oxygen atoms in total. The lowest BCUT2D eigenvalue weighted by atomic mass is 10.2. The third-order valence-corrected chi connectivity index (χ3v) is 2.38. The largest absolute Gasteiger partial charge is 0.354 e. The van der Waals surface area contributed by atoms with Gasteiger partial charge in [0.2, 0.25) is 0 Å².